The normalized spacial score (nSPS) is 14.3. The lowest BCUT2D eigenvalue weighted by molar-refractivity contribution is -0.131. The van der Waals surface area contributed by atoms with Crippen LogP contribution in [0.2, 0.25) is 5.02 Å². The molecule has 6 nitrogen and oxygen atoms in total. The van der Waals surface area contributed by atoms with Gasteiger partial charge in [0.05, 0.1) is 11.0 Å². The van der Waals surface area contributed by atoms with Gasteiger partial charge in [-0.05, 0) is 43.2 Å². The minimum atomic E-state index is -0.161. The summed E-state index contributed by atoms with van der Waals surface area (Å²) in [5, 5.41) is 3.48. The molecule has 1 saturated heterocycles. The second kappa shape index (κ2) is 10.6. The zero-order valence-electron chi connectivity index (χ0n) is 18.2. The van der Waals surface area contributed by atoms with Gasteiger partial charge in [0.1, 0.15) is 5.82 Å². The number of hydrogen-bond acceptors (Lipinski definition) is 3. The molecule has 4 rings (SSSR count). The number of nitrogens with one attached hydrogen (secondary N) is 1. The van der Waals surface area contributed by atoms with Gasteiger partial charge in [0.15, 0.2) is 0 Å². The fraction of sp³-hybridized carbons (Fsp3) is 0.400. The van der Waals surface area contributed by atoms with Crippen LogP contribution in [0.15, 0.2) is 48.5 Å². The van der Waals surface area contributed by atoms with Crippen LogP contribution in [-0.2, 0) is 17.8 Å². The van der Waals surface area contributed by atoms with E-state index in [1.807, 2.05) is 29.2 Å². The lowest BCUT2D eigenvalue weighted by Gasteiger charge is -2.20. The van der Waals surface area contributed by atoms with E-state index < -0.39 is 0 Å². The van der Waals surface area contributed by atoms with Crippen molar-refractivity contribution < 1.29 is 9.59 Å². The molecular formula is C25H29ClN4O2. The molecule has 1 fully saturated rings. The standard InChI is InChI=1S/C25H29ClN4O2/c26-20-9-7-8-19(18-20)25(32)27-14-12-23-28-21-10-3-4-11-22(21)30(23)17-13-24(31)29-15-5-1-2-6-16-29/h3-4,7-11,18H,1-2,5-6,12-17H2,(H,27,32). The molecule has 0 saturated carbocycles. The van der Waals surface area contributed by atoms with Crippen LogP contribution in [0.1, 0.15) is 48.3 Å². The van der Waals surface area contributed by atoms with Gasteiger partial charge >= 0.3 is 0 Å². The number of likely N-dealkylation sites (tertiary alicyclic amines) is 1. The Balaban J connectivity index is 1.42. The highest BCUT2D eigenvalue weighted by Crippen LogP contribution is 2.18. The number of aromatic nitrogens is 2. The monoisotopic (exact) mass is 452 g/mol. The molecule has 1 aromatic heterocycles. The van der Waals surface area contributed by atoms with Crippen LogP contribution in [0.5, 0.6) is 0 Å². The first-order valence-electron chi connectivity index (χ1n) is 11.4. The summed E-state index contributed by atoms with van der Waals surface area (Å²) < 4.78 is 2.12. The third-order valence-corrected chi connectivity index (χ3v) is 6.20. The number of carbonyl (C=O) groups excluding carboxylic acids is 2. The number of benzene rings is 2. The van der Waals surface area contributed by atoms with Crippen LogP contribution in [-0.4, -0.2) is 45.9 Å². The van der Waals surface area contributed by atoms with Crippen molar-refractivity contribution >= 4 is 34.4 Å². The summed E-state index contributed by atoms with van der Waals surface area (Å²) >= 11 is 5.99. The predicted octanol–water partition coefficient (Wildman–Crippen LogP) is 4.45. The number of para-hydroxylation sites is 2. The van der Waals surface area contributed by atoms with E-state index in [9.17, 15) is 9.59 Å². The van der Waals surface area contributed by atoms with Gasteiger partial charge in [-0.2, -0.15) is 0 Å². The molecule has 0 aliphatic carbocycles. The Bertz CT molecular complexity index is 1090. The molecule has 2 aromatic carbocycles. The highest BCUT2D eigenvalue weighted by atomic mass is 35.5. The summed E-state index contributed by atoms with van der Waals surface area (Å²) in [4.78, 5) is 32.0. The van der Waals surface area contributed by atoms with Gasteiger partial charge in [-0.3, -0.25) is 9.59 Å². The molecule has 0 unspecified atom stereocenters. The Morgan fingerprint density at radius 2 is 1.78 bits per heavy atom. The maximum Gasteiger partial charge on any atom is 0.251 e. The molecule has 2 amide bonds. The van der Waals surface area contributed by atoms with Crippen molar-refractivity contribution in [2.75, 3.05) is 19.6 Å². The number of aryl methyl sites for hydroxylation is 1. The third-order valence-electron chi connectivity index (χ3n) is 5.96. The highest BCUT2D eigenvalue weighted by Gasteiger charge is 2.17. The van der Waals surface area contributed by atoms with Crippen molar-refractivity contribution in [1.29, 1.82) is 0 Å². The number of hydrogen-bond donors (Lipinski definition) is 1. The first kappa shape index (κ1) is 22.3. The van der Waals surface area contributed by atoms with Gasteiger partial charge in [0.2, 0.25) is 5.91 Å². The third kappa shape index (κ3) is 5.49. The Hall–Kier alpha value is -2.86. The van der Waals surface area contributed by atoms with E-state index in [1.54, 1.807) is 24.3 Å². The SMILES string of the molecule is O=C(NCCc1nc2ccccc2n1CCC(=O)N1CCCCCC1)c1cccc(Cl)c1. The second-order valence-electron chi connectivity index (χ2n) is 8.23. The molecule has 0 radical (unpaired) electrons. The number of imidazole rings is 1. The van der Waals surface area contributed by atoms with Gasteiger partial charge in [0.25, 0.3) is 5.91 Å². The number of carbonyl (C=O) groups is 2. The second-order valence-corrected chi connectivity index (χ2v) is 8.67. The van der Waals surface area contributed by atoms with Crippen LogP contribution in [0.3, 0.4) is 0 Å². The molecule has 1 N–H and O–H groups in total. The van der Waals surface area contributed by atoms with Crippen LogP contribution in [0.4, 0.5) is 0 Å². The van der Waals surface area contributed by atoms with E-state index in [2.05, 4.69) is 9.88 Å². The summed E-state index contributed by atoms with van der Waals surface area (Å²) in [5.41, 5.74) is 2.47. The van der Waals surface area contributed by atoms with Crippen molar-refractivity contribution in [3.8, 4) is 0 Å². The average molecular weight is 453 g/mol. The van der Waals surface area contributed by atoms with E-state index in [0.717, 1.165) is 42.8 Å². The number of amides is 2. The number of halogens is 1. The lowest BCUT2D eigenvalue weighted by atomic mass is 10.2. The van der Waals surface area contributed by atoms with Crippen LogP contribution < -0.4 is 5.32 Å². The Labute approximate surface area is 193 Å². The maximum atomic E-state index is 12.8. The van der Waals surface area contributed by atoms with Crippen molar-refractivity contribution in [2.45, 2.75) is 45.1 Å². The molecule has 1 aliphatic heterocycles. The van der Waals surface area contributed by atoms with Gasteiger partial charge in [-0.25, -0.2) is 4.98 Å². The molecule has 32 heavy (non-hydrogen) atoms. The maximum absolute atomic E-state index is 12.8. The number of nitrogens with zero attached hydrogens (tertiary/aromatic N) is 3. The van der Waals surface area contributed by atoms with Crippen molar-refractivity contribution in [3.05, 3.63) is 64.9 Å². The lowest BCUT2D eigenvalue weighted by Crippen LogP contribution is -2.32. The smallest absolute Gasteiger partial charge is 0.251 e. The first-order chi connectivity index (χ1) is 15.6. The molecule has 7 heteroatoms. The number of fused-ring (bicyclic) bond motifs is 1. The van der Waals surface area contributed by atoms with Gasteiger partial charge in [0, 0.05) is 49.6 Å². The molecule has 3 aromatic rings. The van der Waals surface area contributed by atoms with E-state index in [-0.39, 0.29) is 11.8 Å². The van der Waals surface area contributed by atoms with Crippen LogP contribution in [0.25, 0.3) is 11.0 Å². The molecule has 168 valence electrons. The summed E-state index contributed by atoms with van der Waals surface area (Å²) in [7, 11) is 0. The molecule has 0 bridgehead atoms. The highest BCUT2D eigenvalue weighted by molar-refractivity contribution is 6.30. The average Bonchev–Trinajstić information content (AvgIpc) is 2.95. The largest absolute Gasteiger partial charge is 0.352 e. The van der Waals surface area contributed by atoms with Crippen LogP contribution in [0, 0.1) is 0 Å². The summed E-state index contributed by atoms with van der Waals surface area (Å²) in [5.74, 6) is 0.928. The van der Waals surface area contributed by atoms with Gasteiger partial charge < -0.3 is 14.8 Å². The quantitative estimate of drug-likeness (QED) is 0.575. The van der Waals surface area contributed by atoms with Crippen LogP contribution >= 0.6 is 11.6 Å². The number of rotatable bonds is 7. The van der Waals surface area contributed by atoms with Gasteiger partial charge in [-0.1, -0.05) is 42.6 Å². The van der Waals surface area contributed by atoms with Gasteiger partial charge in [-0.15, -0.1) is 0 Å². The van der Waals surface area contributed by atoms with E-state index >= 15 is 0 Å². The molecule has 1 aliphatic rings. The summed E-state index contributed by atoms with van der Waals surface area (Å²) in [6.45, 7) is 2.78. The fourth-order valence-corrected chi connectivity index (χ4v) is 4.46. The first-order valence-corrected chi connectivity index (χ1v) is 11.8. The zero-order chi connectivity index (χ0) is 22.3. The molecular weight excluding hydrogens is 424 g/mol. The fourth-order valence-electron chi connectivity index (χ4n) is 4.27. The summed E-state index contributed by atoms with van der Waals surface area (Å²) in [6.07, 6.45) is 5.65. The van der Waals surface area contributed by atoms with E-state index in [0.29, 0.717) is 36.5 Å². The van der Waals surface area contributed by atoms with E-state index in [4.69, 9.17) is 16.6 Å². The minimum absolute atomic E-state index is 0.161. The van der Waals surface area contributed by atoms with Crippen molar-refractivity contribution in [3.63, 3.8) is 0 Å². The summed E-state index contributed by atoms with van der Waals surface area (Å²) in [6, 6.07) is 14.9. The Morgan fingerprint density at radius 1 is 1.00 bits per heavy atom. The van der Waals surface area contributed by atoms with Crippen molar-refractivity contribution in [1.82, 2.24) is 19.8 Å². The molecule has 0 atom stereocenters. The molecule has 2 heterocycles. The molecule has 0 spiro atoms. The zero-order valence-corrected chi connectivity index (χ0v) is 19.0. The predicted molar refractivity (Wildman–Crippen MR) is 127 cm³/mol. The Morgan fingerprint density at radius 3 is 2.56 bits per heavy atom. The van der Waals surface area contributed by atoms with Crippen molar-refractivity contribution in [2.24, 2.45) is 0 Å². The Kier molecular flexibility index (Phi) is 7.43. The minimum Gasteiger partial charge on any atom is -0.352 e. The van der Waals surface area contributed by atoms with E-state index in [1.165, 1.54) is 12.8 Å². The topological polar surface area (TPSA) is 67.2 Å².